The molecule has 0 atom stereocenters. The number of anilines is 1. The molecule has 0 unspecified atom stereocenters. The summed E-state index contributed by atoms with van der Waals surface area (Å²) in [6.07, 6.45) is 0. The first kappa shape index (κ1) is 15.7. The lowest BCUT2D eigenvalue weighted by Crippen LogP contribution is -2.30. The maximum absolute atomic E-state index is 12.0. The van der Waals surface area contributed by atoms with Crippen molar-refractivity contribution in [2.24, 2.45) is 0 Å². The molecule has 0 aliphatic carbocycles. The molecule has 4 nitrogen and oxygen atoms in total. The Kier molecular flexibility index (Phi) is 5.29. The minimum atomic E-state index is -0.0687. The van der Waals surface area contributed by atoms with Gasteiger partial charge in [0.1, 0.15) is 0 Å². The van der Waals surface area contributed by atoms with E-state index in [2.05, 4.69) is 30.4 Å². The summed E-state index contributed by atoms with van der Waals surface area (Å²) in [7, 11) is 1.92. The Morgan fingerprint density at radius 1 is 1.18 bits per heavy atom. The van der Waals surface area contributed by atoms with Crippen LogP contribution >= 0.6 is 0 Å². The highest BCUT2D eigenvalue weighted by molar-refractivity contribution is 5.92. The van der Waals surface area contributed by atoms with Crippen LogP contribution in [0.2, 0.25) is 0 Å². The van der Waals surface area contributed by atoms with E-state index in [1.54, 1.807) is 24.3 Å². The maximum Gasteiger partial charge on any atom is 0.238 e. The third-order valence-corrected chi connectivity index (χ3v) is 3.41. The molecule has 2 aromatic rings. The van der Waals surface area contributed by atoms with Crippen LogP contribution in [0.25, 0.3) is 0 Å². The van der Waals surface area contributed by atoms with Gasteiger partial charge < -0.3 is 5.32 Å². The highest BCUT2D eigenvalue weighted by Gasteiger charge is 2.08. The number of likely N-dealkylation sites (N-methyl/N-ethyl adjacent to an activating group) is 1. The maximum atomic E-state index is 12.0. The molecule has 4 heteroatoms. The fourth-order valence-corrected chi connectivity index (χ4v) is 2.21. The van der Waals surface area contributed by atoms with Crippen molar-refractivity contribution in [2.45, 2.75) is 13.5 Å². The fourth-order valence-electron chi connectivity index (χ4n) is 2.21. The molecule has 1 amide bonds. The Bertz CT molecular complexity index is 686. The molecule has 0 aromatic heterocycles. The lowest BCUT2D eigenvalue weighted by molar-refractivity contribution is -0.117. The predicted octanol–water partition coefficient (Wildman–Crippen LogP) is 2.94. The summed E-state index contributed by atoms with van der Waals surface area (Å²) in [6.45, 7) is 3.11. The molecule has 0 bridgehead atoms. The van der Waals surface area contributed by atoms with E-state index < -0.39 is 0 Å². The van der Waals surface area contributed by atoms with Crippen molar-refractivity contribution in [3.8, 4) is 6.07 Å². The Morgan fingerprint density at radius 2 is 1.86 bits per heavy atom. The number of hydrogen-bond acceptors (Lipinski definition) is 3. The molecule has 2 aromatic carbocycles. The Morgan fingerprint density at radius 3 is 2.50 bits per heavy atom. The highest BCUT2D eigenvalue weighted by Crippen LogP contribution is 2.11. The third-order valence-electron chi connectivity index (χ3n) is 3.41. The Labute approximate surface area is 131 Å². The van der Waals surface area contributed by atoms with Crippen molar-refractivity contribution >= 4 is 11.6 Å². The zero-order valence-corrected chi connectivity index (χ0v) is 12.8. The van der Waals surface area contributed by atoms with Crippen LogP contribution < -0.4 is 5.32 Å². The molecule has 0 saturated heterocycles. The average Bonchev–Trinajstić information content (AvgIpc) is 2.50. The predicted molar refractivity (Wildman–Crippen MR) is 87.3 cm³/mol. The normalized spacial score (nSPS) is 10.3. The number of rotatable bonds is 5. The highest BCUT2D eigenvalue weighted by atomic mass is 16.2. The van der Waals surface area contributed by atoms with Crippen LogP contribution in [-0.2, 0) is 11.3 Å². The van der Waals surface area contributed by atoms with E-state index in [0.29, 0.717) is 17.8 Å². The van der Waals surface area contributed by atoms with Gasteiger partial charge in [-0.15, -0.1) is 0 Å². The van der Waals surface area contributed by atoms with Crippen molar-refractivity contribution < 1.29 is 4.79 Å². The minimum Gasteiger partial charge on any atom is -0.325 e. The molecule has 0 radical (unpaired) electrons. The second-order valence-corrected chi connectivity index (χ2v) is 5.34. The van der Waals surface area contributed by atoms with Crippen molar-refractivity contribution in [1.29, 1.82) is 5.26 Å². The van der Waals surface area contributed by atoms with Gasteiger partial charge in [0.25, 0.3) is 0 Å². The van der Waals surface area contributed by atoms with E-state index in [4.69, 9.17) is 5.26 Å². The van der Waals surface area contributed by atoms with Gasteiger partial charge in [0, 0.05) is 12.2 Å². The molecular weight excluding hydrogens is 274 g/mol. The topological polar surface area (TPSA) is 56.1 Å². The number of benzene rings is 2. The monoisotopic (exact) mass is 293 g/mol. The fraction of sp³-hybridized carbons (Fsp3) is 0.222. The quantitative estimate of drug-likeness (QED) is 0.922. The van der Waals surface area contributed by atoms with Crippen LogP contribution in [0.3, 0.4) is 0 Å². The van der Waals surface area contributed by atoms with Gasteiger partial charge in [0.2, 0.25) is 5.91 Å². The van der Waals surface area contributed by atoms with Gasteiger partial charge in [-0.3, -0.25) is 9.69 Å². The smallest absolute Gasteiger partial charge is 0.238 e. The van der Waals surface area contributed by atoms with E-state index in [9.17, 15) is 4.79 Å². The van der Waals surface area contributed by atoms with Gasteiger partial charge in [-0.25, -0.2) is 0 Å². The van der Waals surface area contributed by atoms with Crippen LogP contribution in [0.5, 0.6) is 0 Å². The van der Waals surface area contributed by atoms with E-state index in [0.717, 1.165) is 6.54 Å². The lowest BCUT2D eigenvalue weighted by atomic mass is 10.1. The van der Waals surface area contributed by atoms with Gasteiger partial charge in [-0.1, -0.05) is 24.3 Å². The van der Waals surface area contributed by atoms with Crippen molar-refractivity contribution in [3.05, 3.63) is 65.2 Å². The minimum absolute atomic E-state index is 0.0687. The molecule has 0 saturated carbocycles. The summed E-state index contributed by atoms with van der Waals surface area (Å²) in [5.41, 5.74) is 3.72. The number of nitriles is 1. The molecule has 1 N–H and O–H groups in total. The van der Waals surface area contributed by atoms with Crippen molar-refractivity contribution in [2.75, 3.05) is 18.9 Å². The summed E-state index contributed by atoms with van der Waals surface area (Å²) in [6, 6.07) is 17.1. The largest absolute Gasteiger partial charge is 0.325 e. The Hall–Kier alpha value is -2.64. The summed E-state index contributed by atoms with van der Waals surface area (Å²) in [5, 5.41) is 11.6. The van der Waals surface area contributed by atoms with E-state index in [1.165, 1.54) is 11.1 Å². The van der Waals surface area contributed by atoms with Gasteiger partial charge in [-0.05, 0) is 49.4 Å². The number of hydrogen-bond donors (Lipinski definition) is 1. The first-order valence-corrected chi connectivity index (χ1v) is 7.11. The van der Waals surface area contributed by atoms with Crippen molar-refractivity contribution in [3.63, 3.8) is 0 Å². The van der Waals surface area contributed by atoms with Crippen LogP contribution in [0.1, 0.15) is 16.7 Å². The summed E-state index contributed by atoms with van der Waals surface area (Å²) in [5.74, 6) is -0.0687. The van der Waals surface area contributed by atoms with Crippen LogP contribution in [0, 0.1) is 18.3 Å². The van der Waals surface area contributed by atoms with Crippen LogP contribution in [0.4, 0.5) is 5.69 Å². The summed E-state index contributed by atoms with van der Waals surface area (Å²) < 4.78 is 0. The first-order valence-electron chi connectivity index (χ1n) is 7.11. The molecule has 2 rings (SSSR count). The van der Waals surface area contributed by atoms with Crippen LogP contribution in [0.15, 0.2) is 48.5 Å². The zero-order valence-electron chi connectivity index (χ0n) is 12.8. The van der Waals surface area contributed by atoms with Gasteiger partial charge in [0.15, 0.2) is 0 Å². The van der Waals surface area contributed by atoms with Gasteiger partial charge in [-0.2, -0.15) is 5.26 Å². The molecule has 0 aliphatic rings. The third kappa shape index (κ3) is 4.44. The molecule has 22 heavy (non-hydrogen) atoms. The number of nitrogens with one attached hydrogen (secondary N) is 1. The molecular formula is C18H19N3O. The SMILES string of the molecule is Cc1ccccc1CN(C)CC(=O)Nc1ccc(C#N)cc1. The zero-order chi connectivity index (χ0) is 15.9. The lowest BCUT2D eigenvalue weighted by Gasteiger charge is -2.17. The van der Waals surface area contributed by atoms with Gasteiger partial charge >= 0.3 is 0 Å². The average molecular weight is 293 g/mol. The Balaban J connectivity index is 1.88. The number of nitrogens with zero attached hydrogens (tertiary/aromatic N) is 2. The molecule has 0 spiro atoms. The summed E-state index contributed by atoms with van der Waals surface area (Å²) in [4.78, 5) is 14.0. The number of aryl methyl sites for hydroxylation is 1. The summed E-state index contributed by atoms with van der Waals surface area (Å²) >= 11 is 0. The van der Waals surface area contributed by atoms with E-state index >= 15 is 0 Å². The standard InChI is InChI=1S/C18H19N3O/c1-14-5-3-4-6-16(14)12-21(2)13-18(22)20-17-9-7-15(11-19)8-10-17/h3-10H,12-13H2,1-2H3,(H,20,22). The van der Waals surface area contributed by atoms with E-state index in [-0.39, 0.29) is 5.91 Å². The van der Waals surface area contributed by atoms with Crippen molar-refractivity contribution in [1.82, 2.24) is 4.90 Å². The number of carbonyl (C=O) groups is 1. The first-order chi connectivity index (χ1) is 10.6. The molecule has 112 valence electrons. The number of carbonyl (C=O) groups excluding carboxylic acids is 1. The second-order valence-electron chi connectivity index (χ2n) is 5.34. The van der Waals surface area contributed by atoms with E-state index in [1.807, 2.05) is 24.1 Å². The molecule has 0 fully saturated rings. The van der Waals surface area contributed by atoms with Crippen LogP contribution in [-0.4, -0.2) is 24.4 Å². The second kappa shape index (κ2) is 7.39. The molecule has 0 heterocycles. The number of amides is 1. The van der Waals surface area contributed by atoms with Gasteiger partial charge in [0.05, 0.1) is 18.2 Å². The molecule has 0 aliphatic heterocycles.